The molecule has 0 bridgehead atoms. The van der Waals surface area contributed by atoms with Gasteiger partial charge < -0.3 is 19.5 Å². The number of carbonyl (C=O) groups excluding carboxylic acids is 2. The van der Waals surface area contributed by atoms with Gasteiger partial charge >= 0.3 is 5.97 Å². The summed E-state index contributed by atoms with van der Waals surface area (Å²) in [5, 5.41) is 2.64. The van der Waals surface area contributed by atoms with E-state index in [0.29, 0.717) is 11.4 Å². The van der Waals surface area contributed by atoms with E-state index in [1.54, 1.807) is 31.4 Å². The largest absolute Gasteiger partial charge is 0.497 e. The molecule has 0 saturated carbocycles. The highest BCUT2D eigenvalue weighted by Crippen LogP contribution is 2.23. The highest BCUT2D eigenvalue weighted by Gasteiger charge is 2.10. The van der Waals surface area contributed by atoms with E-state index in [9.17, 15) is 9.59 Å². The predicted molar refractivity (Wildman–Crippen MR) is 96.3 cm³/mol. The van der Waals surface area contributed by atoms with Crippen molar-refractivity contribution in [2.75, 3.05) is 31.9 Å². The third-order valence-corrected chi connectivity index (χ3v) is 4.15. The van der Waals surface area contributed by atoms with Crippen LogP contribution in [-0.4, -0.2) is 38.5 Å². The molecule has 0 fully saturated rings. The summed E-state index contributed by atoms with van der Waals surface area (Å²) in [5.41, 5.74) is 0.527. The van der Waals surface area contributed by atoms with Gasteiger partial charge in [-0.2, -0.15) is 0 Å². The van der Waals surface area contributed by atoms with Gasteiger partial charge in [0.1, 0.15) is 11.5 Å². The van der Waals surface area contributed by atoms with E-state index in [-0.39, 0.29) is 12.4 Å². The second kappa shape index (κ2) is 9.58. The number of ether oxygens (including phenoxy) is 3. The van der Waals surface area contributed by atoms with E-state index in [1.807, 2.05) is 24.3 Å². The van der Waals surface area contributed by atoms with Crippen LogP contribution in [0.15, 0.2) is 53.4 Å². The van der Waals surface area contributed by atoms with Gasteiger partial charge in [0.05, 0.1) is 25.7 Å². The molecule has 0 spiro atoms. The number of thioether (sulfide) groups is 1. The van der Waals surface area contributed by atoms with Crippen molar-refractivity contribution < 1.29 is 23.8 Å². The standard InChI is InChI=1S/C18H19NO5S/c1-22-13-7-9-14(10-8-13)25-12-18(21)24-11-17(20)19-15-5-3-4-6-16(15)23-2/h3-10H,11-12H2,1-2H3,(H,19,20). The Morgan fingerprint density at radius 1 is 1.00 bits per heavy atom. The number of benzene rings is 2. The fraction of sp³-hybridized carbons (Fsp3) is 0.222. The molecule has 7 heteroatoms. The molecule has 2 aromatic carbocycles. The highest BCUT2D eigenvalue weighted by molar-refractivity contribution is 8.00. The molecular formula is C18H19NO5S. The number of carbonyl (C=O) groups is 2. The highest BCUT2D eigenvalue weighted by atomic mass is 32.2. The zero-order valence-electron chi connectivity index (χ0n) is 14.0. The third kappa shape index (κ3) is 6.04. The van der Waals surface area contributed by atoms with Crippen molar-refractivity contribution >= 4 is 29.3 Å². The SMILES string of the molecule is COc1ccc(SCC(=O)OCC(=O)Nc2ccccc2OC)cc1. The van der Waals surface area contributed by atoms with Gasteiger partial charge in [-0.25, -0.2) is 0 Å². The Labute approximate surface area is 150 Å². The second-order valence-electron chi connectivity index (χ2n) is 4.87. The van der Waals surface area contributed by atoms with Crippen LogP contribution in [0.2, 0.25) is 0 Å². The van der Waals surface area contributed by atoms with Crippen molar-refractivity contribution in [3.8, 4) is 11.5 Å². The number of nitrogens with one attached hydrogen (secondary N) is 1. The van der Waals surface area contributed by atoms with Crippen molar-refractivity contribution in [1.29, 1.82) is 0 Å². The molecule has 0 aliphatic carbocycles. The first-order valence-corrected chi connectivity index (χ1v) is 8.46. The first-order chi connectivity index (χ1) is 12.1. The van der Waals surface area contributed by atoms with Gasteiger partial charge in [-0.05, 0) is 36.4 Å². The van der Waals surface area contributed by atoms with Gasteiger partial charge in [-0.1, -0.05) is 12.1 Å². The quantitative estimate of drug-likeness (QED) is 0.576. The molecule has 0 saturated heterocycles. The molecule has 1 N–H and O–H groups in total. The molecule has 0 radical (unpaired) electrons. The second-order valence-corrected chi connectivity index (χ2v) is 5.92. The van der Waals surface area contributed by atoms with Crippen LogP contribution < -0.4 is 14.8 Å². The Kier molecular flexibility index (Phi) is 7.16. The van der Waals surface area contributed by atoms with Crippen molar-refractivity contribution in [2.24, 2.45) is 0 Å². The maximum Gasteiger partial charge on any atom is 0.316 e. The number of para-hydroxylation sites is 2. The molecule has 1 amide bonds. The van der Waals surface area contributed by atoms with Gasteiger partial charge in [-0.3, -0.25) is 9.59 Å². The Hall–Kier alpha value is -2.67. The van der Waals surface area contributed by atoms with E-state index < -0.39 is 11.9 Å². The molecule has 0 atom stereocenters. The summed E-state index contributed by atoms with van der Waals surface area (Å²) in [7, 11) is 3.11. The number of hydrogen-bond donors (Lipinski definition) is 1. The zero-order valence-corrected chi connectivity index (χ0v) is 14.8. The first kappa shape index (κ1) is 18.7. The van der Waals surface area contributed by atoms with E-state index in [0.717, 1.165) is 10.6 Å². The van der Waals surface area contributed by atoms with Crippen LogP contribution in [-0.2, 0) is 14.3 Å². The number of esters is 1. The van der Waals surface area contributed by atoms with E-state index in [4.69, 9.17) is 14.2 Å². The predicted octanol–water partition coefficient (Wildman–Crippen LogP) is 2.98. The Bertz CT molecular complexity index is 718. The summed E-state index contributed by atoms with van der Waals surface area (Å²) >= 11 is 1.33. The molecule has 2 aromatic rings. The number of amides is 1. The number of rotatable bonds is 8. The normalized spacial score (nSPS) is 10.0. The van der Waals surface area contributed by atoms with Crippen LogP contribution in [0, 0.1) is 0 Å². The van der Waals surface area contributed by atoms with Crippen LogP contribution in [0.1, 0.15) is 0 Å². The van der Waals surface area contributed by atoms with E-state index in [2.05, 4.69) is 5.32 Å². The maximum absolute atomic E-state index is 11.9. The fourth-order valence-electron chi connectivity index (χ4n) is 1.94. The van der Waals surface area contributed by atoms with Crippen molar-refractivity contribution in [3.63, 3.8) is 0 Å². The molecular weight excluding hydrogens is 342 g/mol. The van der Waals surface area contributed by atoms with Crippen molar-refractivity contribution in [2.45, 2.75) is 4.90 Å². The lowest BCUT2D eigenvalue weighted by Crippen LogP contribution is -2.21. The monoisotopic (exact) mass is 361 g/mol. The van der Waals surface area contributed by atoms with Gasteiger partial charge in [0.2, 0.25) is 0 Å². The summed E-state index contributed by atoms with van der Waals surface area (Å²) < 4.78 is 15.2. The molecule has 6 nitrogen and oxygen atoms in total. The van der Waals surface area contributed by atoms with Crippen LogP contribution in [0.3, 0.4) is 0 Å². The van der Waals surface area contributed by atoms with E-state index >= 15 is 0 Å². The molecule has 0 heterocycles. The topological polar surface area (TPSA) is 73.9 Å². The van der Waals surface area contributed by atoms with Gasteiger partial charge in [0.15, 0.2) is 6.61 Å². The van der Waals surface area contributed by atoms with Crippen LogP contribution in [0.4, 0.5) is 5.69 Å². The minimum atomic E-state index is -0.462. The summed E-state index contributed by atoms with van der Waals surface area (Å²) in [4.78, 5) is 24.5. The average Bonchev–Trinajstić information content (AvgIpc) is 2.65. The van der Waals surface area contributed by atoms with Crippen molar-refractivity contribution in [1.82, 2.24) is 0 Å². The first-order valence-electron chi connectivity index (χ1n) is 7.47. The Balaban J connectivity index is 1.74. The summed E-state index contributed by atoms with van der Waals surface area (Å²) in [6.07, 6.45) is 0. The van der Waals surface area contributed by atoms with Crippen LogP contribution in [0.25, 0.3) is 0 Å². The average molecular weight is 361 g/mol. The molecule has 2 rings (SSSR count). The summed E-state index contributed by atoms with van der Waals surface area (Å²) in [6, 6.07) is 14.3. The number of methoxy groups -OCH3 is 2. The zero-order chi connectivity index (χ0) is 18.1. The lowest BCUT2D eigenvalue weighted by molar-refractivity contribution is -0.144. The van der Waals surface area contributed by atoms with Gasteiger partial charge in [-0.15, -0.1) is 11.8 Å². The Morgan fingerprint density at radius 2 is 1.72 bits per heavy atom. The van der Waals surface area contributed by atoms with Gasteiger partial charge in [0.25, 0.3) is 5.91 Å². The molecule has 0 aromatic heterocycles. The Morgan fingerprint density at radius 3 is 2.40 bits per heavy atom. The molecule has 25 heavy (non-hydrogen) atoms. The summed E-state index contributed by atoms with van der Waals surface area (Å²) in [5.74, 6) is 0.523. The smallest absolute Gasteiger partial charge is 0.316 e. The third-order valence-electron chi connectivity index (χ3n) is 3.16. The summed E-state index contributed by atoms with van der Waals surface area (Å²) in [6.45, 7) is -0.347. The molecule has 132 valence electrons. The van der Waals surface area contributed by atoms with E-state index in [1.165, 1.54) is 18.9 Å². The lowest BCUT2D eigenvalue weighted by atomic mass is 10.3. The number of anilines is 1. The van der Waals surface area contributed by atoms with Crippen LogP contribution in [0.5, 0.6) is 11.5 Å². The molecule has 0 aliphatic rings. The van der Waals surface area contributed by atoms with Gasteiger partial charge in [0, 0.05) is 4.90 Å². The van der Waals surface area contributed by atoms with Crippen LogP contribution >= 0.6 is 11.8 Å². The fourth-order valence-corrected chi connectivity index (χ4v) is 2.63. The maximum atomic E-state index is 11.9. The molecule has 0 aliphatic heterocycles. The molecule has 0 unspecified atom stereocenters. The minimum absolute atomic E-state index is 0.119. The lowest BCUT2D eigenvalue weighted by Gasteiger charge is -2.10. The van der Waals surface area contributed by atoms with Crippen molar-refractivity contribution in [3.05, 3.63) is 48.5 Å². The number of hydrogen-bond acceptors (Lipinski definition) is 6. The minimum Gasteiger partial charge on any atom is -0.497 e.